The SMILES string of the molecule is NCCSc1nnc2sc3ccccc3n12. The van der Waals surface area contributed by atoms with Crippen molar-refractivity contribution in [1.29, 1.82) is 0 Å². The van der Waals surface area contributed by atoms with Crippen LogP contribution in [0, 0.1) is 0 Å². The minimum absolute atomic E-state index is 0.654. The molecule has 16 heavy (non-hydrogen) atoms. The van der Waals surface area contributed by atoms with E-state index < -0.39 is 0 Å². The van der Waals surface area contributed by atoms with Crippen molar-refractivity contribution < 1.29 is 0 Å². The van der Waals surface area contributed by atoms with E-state index in [1.54, 1.807) is 23.1 Å². The molecule has 0 atom stereocenters. The van der Waals surface area contributed by atoms with Crippen molar-refractivity contribution >= 4 is 38.3 Å². The topological polar surface area (TPSA) is 56.2 Å². The Bertz CT molecular complexity index is 628. The van der Waals surface area contributed by atoms with Crippen LogP contribution >= 0.6 is 23.1 Å². The lowest BCUT2D eigenvalue weighted by molar-refractivity contribution is 0.939. The summed E-state index contributed by atoms with van der Waals surface area (Å²) in [6.07, 6.45) is 0. The molecular weight excluding hydrogens is 240 g/mol. The first kappa shape index (κ1) is 10.1. The molecule has 1 aromatic carbocycles. The van der Waals surface area contributed by atoms with Gasteiger partial charge in [-0.05, 0) is 12.1 Å². The molecule has 2 N–H and O–H groups in total. The highest BCUT2D eigenvalue weighted by molar-refractivity contribution is 7.99. The Morgan fingerprint density at radius 2 is 2.19 bits per heavy atom. The summed E-state index contributed by atoms with van der Waals surface area (Å²) in [4.78, 5) is 0.945. The molecule has 0 spiro atoms. The van der Waals surface area contributed by atoms with E-state index >= 15 is 0 Å². The summed E-state index contributed by atoms with van der Waals surface area (Å²) in [6.45, 7) is 0.654. The van der Waals surface area contributed by atoms with Crippen LogP contribution in [-0.4, -0.2) is 26.9 Å². The first-order valence-electron chi connectivity index (χ1n) is 4.95. The Hall–Kier alpha value is -1.11. The third-order valence-electron chi connectivity index (χ3n) is 2.26. The van der Waals surface area contributed by atoms with Crippen molar-refractivity contribution in [2.45, 2.75) is 5.16 Å². The predicted octanol–water partition coefficient (Wildman–Crippen LogP) is 1.99. The van der Waals surface area contributed by atoms with Crippen LogP contribution in [0.3, 0.4) is 0 Å². The van der Waals surface area contributed by atoms with Crippen molar-refractivity contribution in [1.82, 2.24) is 14.6 Å². The molecule has 3 rings (SSSR count). The van der Waals surface area contributed by atoms with Gasteiger partial charge in [-0.3, -0.25) is 4.40 Å². The molecule has 0 fully saturated rings. The summed E-state index contributed by atoms with van der Waals surface area (Å²) >= 11 is 3.31. The largest absolute Gasteiger partial charge is 0.330 e. The molecule has 0 radical (unpaired) electrons. The van der Waals surface area contributed by atoms with Crippen LogP contribution < -0.4 is 5.73 Å². The lowest BCUT2D eigenvalue weighted by Crippen LogP contribution is -2.01. The summed E-state index contributed by atoms with van der Waals surface area (Å²) in [7, 11) is 0. The van der Waals surface area contributed by atoms with Crippen LogP contribution in [0.2, 0.25) is 0 Å². The molecule has 6 heteroatoms. The van der Waals surface area contributed by atoms with Gasteiger partial charge in [0, 0.05) is 12.3 Å². The first-order chi connectivity index (χ1) is 7.90. The fourth-order valence-corrected chi connectivity index (χ4v) is 3.33. The summed E-state index contributed by atoms with van der Waals surface area (Å²) < 4.78 is 3.34. The van der Waals surface area contributed by atoms with Crippen LogP contribution in [-0.2, 0) is 0 Å². The Kier molecular flexibility index (Phi) is 2.55. The molecule has 3 aromatic rings. The number of fused-ring (bicyclic) bond motifs is 3. The zero-order valence-electron chi connectivity index (χ0n) is 8.46. The van der Waals surface area contributed by atoms with E-state index in [9.17, 15) is 0 Å². The number of thiazole rings is 1. The second-order valence-corrected chi connectivity index (χ2v) is 5.38. The monoisotopic (exact) mass is 250 g/mol. The van der Waals surface area contributed by atoms with Gasteiger partial charge in [-0.2, -0.15) is 0 Å². The van der Waals surface area contributed by atoms with E-state index in [4.69, 9.17) is 5.73 Å². The lowest BCUT2D eigenvalue weighted by Gasteiger charge is -1.96. The summed E-state index contributed by atoms with van der Waals surface area (Å²) in [5, 5.41) is 9.28. The van der Waals surface area contributed by atoms with Crippen LogP contribution in [0.25, 0.3) is 15.2 Å². The molecule has 0 aliphatic heterocycles. The van der Waals surface area contributed by atoms with Gasteiger partial charge in [0.2, 0.25) is 4.96 Å². The molecule has 4 nitrogen and oxygen atoms in total. The minimum Gasteiger partial charge on any atom is -0.330 e. The summed E-state index contributed by atoms with van der Waals surface area (Å²) in [5.41, 5.74) is 6.67. The van der Waals surface area contributed by atoms with Crippen LogP contribution in [0.15, 0.2) is 29.4 Å². The van der Waals surface area contributed by atoms with Crippen molar-refractivity contribution in [3.63, 3.8) is 0 Å². The lowest BCUT2D eigenvalue weighted by atomic mass is 10.3. The number of para-hydroxylation sites is 1. The highest BCUT2D eigenvalue weighted by atomic mass is 32.2. The average Bonchev–Trinajstić information content (AvgIpc) is 2.85. The van der Waals surface area contributed by atoms with Gasteiger partial charge in [0.15, 0.2) is 5.16 Å². The van der Waals surface area contributed by atoms with E-state index in [1.807, 2.05) is 12.1 Å². The van der Waals surface area contributed by atoms with Crippen LogP contribution in [0.5, 0.6) is 0 Å². The Labute approximate surface area is 100 Å². The number of rotatable bonds is 3. The zero-order valence-corrected chi connectivity index (χ0v) is 10.1. The predicted molar refractivity (Wildman–Crippen MR) is 68.1 cm³/mol. The summed E-state index contributed by atoms with van der Waals surface area (Å²) in [5.74, 6) is 0.866. The second kappa shape index (κ2) is 4.04. The normalized spacial score (nSPS) is 11.6. The maximum atomic E-state index is 5.50. The number of benzene rings is 1. The van der Waals surface area contributed by atoms with Gasteiger partial charge in [0.25, 0.3) is 0 Å². The Morgan fingerprint density at radius 3 is 3.06 bits per heavy atom. The molecule has 2 heterocycles. The van der Waals surface area contributed by atoms with Crippen LogP contribution in [0.4, 0.5) is 0 Å². The van der Waals surface area contributed by atoms with Gasteiger partial charge in [-0.15, -0.1) is 10.2 Å². The molecule has 0 saturated heterocycles. The fraction of sp³-hybridized carbons (Fsp3) is 0.200. The number of nitrogens with two attached hydrogens (primary N) is 1. The molecule has 0 bridgehead atoms. The molecule has 0 saturated carbocycles. The van der Waals surface area contributed by atoms with Crippen molar-refractivity contribution in [3.05, 3.63) is 24.3 Å². The van der Waals surface area contributed by atoms with E-state index in [2.05, 4.69) is 26.7 Å². The zero-order chi connectivity index (χ0) is 11.0. The van der Waals surface area contributed by atoms with E-state index in [0.717, 1.165) is 15.9 Å². The number of thioether (sulfide) groups is 1. The van der Waals surface area contributed by atoms with E-state index in [1.165, 1.54) is 10.2 Å². The third-order valence-corrected chi connectivity index (χ3v) is 4.23. The fourth-order valence-electron chi connectivity index (χ4n) is 1.60. The molecule has 0 aliphatic carbocycles. The Morgan fingerprint density at radius 1 is 1.31 bits per heavy atom. The van der Waals surface area contributed by atoms with Crippen molar-refractivity contribution in [3.8, 4) is 0 Å². The standard InChI is InChI=1S/C10H10N4S2/c11-5-6-15-9-12-13-10-14(9)7-3-1-2-4-8(7)16-10/h1-4H,5-6,11H2. The van der Waals surface area contributed by atoms with Gasteiger partial charge in [0.05, 0.1) is 10.2 Å². The van der Waals surface area contributed by atoms with Gasteiger partial charge < -0.3 is 5.73 Å². The van der Waals surface area contributed by atoms with Gasteiger partial charge in [-0.25, -0.2) is 0 Å². The average molecular weight is 250 g/mol. The molecule has 0 unspecified atom stereocenters. The molecule has 2 aromatic heterocycles. The highest BCUT2D eigenvalue weighted by Crippen LogP contribution is 2.28. The molecular formula is C10H10N4S2. The highest BCUT2D eigenvalue weighted by Gasteiger charge is 2.11. The van der Waals surface area contributed by atoms with Crippen molar-refractivity contribution in [2.75, 3.05) is 12.3 Å². The van der Waals surface area contributed by atoms with Crippen molar-refractivity contribution in [2.24, 2.45) is 5.73 Å². The third kappa shape index (κ3) is 1.50. The van der Waals surface area contributed by atoms with Gasteiger partial charge in [-0.1, -0.05) is 35.2 Å². The molecule has 0 aliphatic rings. The molecule has 0 amide bonds. The quantitative estimate of drug-likeness (QED) is 0.722. The van der Waals surface area contributed by atoms with Crippen LogP contribution in [0.1, 0.15) is 0 Å². The van der Waals surface area contributed by atoms with Gasteiger partial charge in [0.1, 0.15) is 0 Å². The Balaban J connectivity index is 2.22. The maximum Gasteiger partial charge on any atom is 0.217 e. The van der Waals surface area contributed by atoms with E-state index in [0.29, 0.717) is 6.54 Å². The number of hydrogen-bond acceptors (Lipinski definition) is 5. The number of aromatic nitrogens is 3. The second-order valence-electron chi connectivity index (χ2n) is 3.31. The summed E-state index contributed by atoms with van der Waals surface area (Å²) in [6, 6.07) is 8.27. The number of nitrogens with zero attached hydrogens (tertiary/aromatic N) is 3. The first-order valence-corrected chi connectivity index (χ1v) is 6.76. The van der Waals surface area contributed by atoms with Gasteiger partial charge >= 0.3 is 0 Å². The van der Waals surface area contributed by atoms with E-state index in [-0.39, 0.29) is 0 Å². The maximum absolute atomic E-state index is 5.50. The smallest absolute Gasteiger partial charge is 0.217 e. The number of hydrogen-bond donors (Lipinski definition) is 1. The molecule has 82 valence electrons. The minimum atomic E-state index is 0.654.